The van der Waals surface area contributed by atoms with Crippen LogP contribution in [0.5, 0.6) is 23.3 Å². The summed E-state index contributed by atoms with van der Waals surface area (Å²) in [6.45, 7) is 2.48. The van der Waals surface area contributed by atoms with Gasteiger partial charge in [0.1, 0.15) is 0 Å². The van der Waals surface area contributed by atoms with Gasteiger partial charge in [-0.05, 0) is 43.9 Å². The number of benzene rings is 1. The van der Waals surface area contributed by atoms with Crippen LogP contribution in [0.15, 0.2) is 23.2 Å². The second-order valence-corrected chi connectivity index (χ2v) is 8.90. The summed E-state index contributed by atoms with van der Waals surface area (Å²) in [5.41, 5.74) is 3.47. The van der Waals surface area contributed by atoms with E-state index >= 15 is 0 Å². The summed E-state index contributed by atoms with van der Waals surface area (Å²) >= 11 is 0. The molecule has 0 radical (unpaired) electrons. The lowest BCUT2D eigenvalue weighted by Crippen LogP contribution is -2.34. The van der Waals surface area contributed by atoms with Crippen LogP contribution in [0.4, 0.5) is 0 Å². The smallest absolute Gasteiger partial charge is 0.333 e. The predicted octanol–water partition coefficient (Wildman–Crippen LogP) is 1.66. The zero-order valence-electron chi connectivity index (χ0n) is 22.2. The molecular formula is C26H33N3O10. The quantitative estimate of drug-likeness (QED) is 0.356. The van der Waals surface area contributed by atoms with Crippen molar-refractivity contribution in [2.45, 2.75) is 56.8 Å². The van der Waals surface area contributed by atoms with Crippen LogP contribution in [0.2, 0.25) is 0 Å². The molecule has 1 fully saturated rings. The second kappa shape index (κ2) is 13.2. The summed E-state index contributed by atoms with van der Waals surface area (Å²) in [5, 5.41) is 42.6. The first-order chi connectivity index (χ1) is 18.6. The van der Waals surface area contributed by atoms with E-state index in [-0.39, 0.29) is 18.1 Å². The fourth-order valence-electron chi connectivity index (χ4n) is 4.62. The molecule has 1 aliphatic heterocycles. The molecule has 4 atom stereocenters. The van der Waals surface area contributed by atoms with Crippen molar-refractivity contribution in [3.63, 3.8) is 0 Å². The number of nitrogens with zero attached hydrogens (tertiary/aromatic N) is 3. The van der Waals surface area contributed by atoms with E-state index in [9.17, 15) is 14.7 Å². The first-order valence-electron chi connectivity index (χ1n) is 12.3. The number of hydrogen-bond acceptors (Lipinski definition) is 11. The van der Waals surface area contributed by atoms with Crippen molar-refractivity contribution in [3.8, 4) is 23.3 Å². The summed E-state index contributed by atoms with van der Waals surface area (Å²) in [6, 6.07) is 5.82. The average molecular weight is 548 g/mol. The standard InChI is InChI=1S/C22H27N3O5.C4H6O5/c1-5-30-19-9-13-14-8-12(26)6-7-17(14)23-21(15(13)10-18(19)27-2)16-11-20(28-3)24-25-22(16)29-4;5-2(4(8)9)1-3(6)7/h9-12,14,17,26H,5-8H2,1-4H3;2,5H,1H2,(H,6,7)(H,8,9)/t12-,14-,17-;2-/m10/s1. The normalized spacial score (nSPS) is 20.2. The molecule has 2 aliphatic rings. The minimum Gasteiger partial charge on any atom is -0.493 e. The van der Waals surface area contributed by atoms with E-state index in [4.69, 9.17) is 39.3 Å². The Hall–Kier alpha value is -3.97. The number of aliphatic hydroxyl groups is 2. The van der Waals surface area contributed by atoms with Gasteiger partial charge in [-0.3, -0.25) is 9.79 Å². The molecule has 2 heterocycles. The molecule has 1 aromatic carbocycles. The van der Waals surface area contributed by atoms with Gasteiger partial charge in [0, 0.05) is 17.5 Å². The minimum atomic E-state index is -1.79. The van der Waals surface area contributed by atoms with Crippen molar-refractivity contribution in [1.29, 1.82) is 0 Å². The van der Waals surface area contributed by atoms with Crippen molar-refractivity contribution < 1.29 is 49.0 Å². The molecule has 212 valence electrons. The summed E-state index contributed by atoms with van der Waals surface area (Å²) in [4.78, 5) is 24.5. The van der Waals surface area contributed by atoms with Crippen LogP contribution in [0, 0.1) is 0 Å². The lowest BCUT2D eigenvalue weighted by Gasteiger charge is -2.37. The number of methoxy groups -OCH3 is 3. The first-order valence-corrected chi connectivity index (χ1v) is 12.3. The highest BCUT2D eigenvalue weighted by Gasteiger charge is 2.38. The van der Waals surface area contributed by atoms with E-state index in [1.165, 1.54) is 0 Å². The molecule has 0 unspecified atom stereocenters. The summed E-state index contributed by atoms with van der Waals surface area (Å²) < 4.78 is 22.2. The molecule has 0 amide bonds. The van der Waals surface area contributed by atoms with Gasteiger partial charge in [0.05, 0.1) is 57.8 Å². The Morgan fingerprint density at radius 2 is 1.74 bits per heavy atom. The third-order valence-electron chi connectivity index (χ3n) is 6.42. The third kappa shape index (κ3) is 6.92. The van der Waals surface area contributed by atoms with Gasteiger partial charge in [-0.2, -0.15) is 0 Å². The van der Waals surface area contributed by atoms with Crippen LogP contribution in [-0.4, -0.2) is 94.5 Å². The second-order valence-electron chi connectivity index (χ2n) is 8.90. The van der Waals surface area contributed by atoms with Gasteiger partial charge >= 0.3 is 11.9 Å². The molecule has 0 saturated heterocycles. The van der Waals surface area contributed by atoms with Crippen LogP contribution in [0.25, 0.3) is 0 Å². The van der Waals surface area contributed by atoms with Crippen molar-refractivity contribution in [2.24, 2.45) is 4.99 Å². The molecule has 13 nitrogen and oxygen atoms in total. The highest BCUT2D eigenvalue weighted by molar-refractivity contribution is 6.16. The first kappa shape index (κ1) is 29.6. The number of fused-ring (bicyclic) bond motifs is 3. The number of hydrogen-bond donors (Lipinski definition) is 4. The topological polar surface area (TPSA) is 190 Å². The SMILES string of the molecule is CCOc1cc2c(cc1OC)C(c1cc(OC)nnc1OC)=N[C@@H]1CC[C@@H](O)C[C@H]21.O=C(O)C[C@H](O)C(=O)O. The van der Waals surface area contributed by atoms with Crippen LogP contribution in [0.3, 0.4) is 0 Å². The maximum Gasteiger partial charge on any atom is 0.333 e. The zero-order chi connectivity index (χ0) is 28.7. The lowest BCUT2D eigenvalue weighted by atomic mass is 9.74. The van der Waals surface area contributed by atoms with E-state index in [2.05, 4.69) is 10.2 Å². The van der Waals surface area contributed by atoms with Gasteiger partial charge in [-0.25, -0.2) is 4.79 Å². The highest BCUT2D eigenvalue weighted by atomic mass is 16.5. The van der Waals surface area contributed by atoms with E-state index in [1.54, 1.807) is 27.4 Å². The van der Waals surface area contributed by atoms with E-state index in [0.29, 0.717) is 41.9 Å². The Morgan fingerprint density at radius 3 is 2.31 bits per heavy atom. The number of ether oxygens (including phenoxy) is 4. The maximum atomic E-state index is 10.3. The molecule has 4 N–H and O–H groups in total. The fraction of sp³-hybridized carbons (Fsp3) is 0.500. The third-order valence-corrected chi connectivity index (χ3v) is 6.42. The number of carbonyl (C=O) groups is 2. The summed E-state index contributed by atoms with van der Waals surface area (Å²) in [6.07, 6.45) is -0.663. The number of aliphatic carboxylic acids is 2. The number of aliphatic hydroxyl groups excluding tert-OH is 2. The Kier molecular flexibility index (Phi) is 10.0. The van der Waals surface area contributed by atoms with Crippen molar-refractivity contribution >= 4 is 17.7 Å². The van der Waals surface area contributed by atoms with Crippen LogP contribution >= 0.6 is 0 Å². The fourth-order valence-corrected chi connectivity index (χ4v) is 4.62. The molecule has 0 spiro atoms. The number of carboxylic acids is 2. The largest absolute Gasteiger partial charge is 0.493 e. The zero-order valence-corrected chi connectivity index (χ0v) is 22.2. The van der Waals surface area contributed by atoms with Gasteiger partial charge in [0.15, 0.2) is 17.6 Å². The molecule has 4 rings (SSSR count). The molecule has 1 saturated carbocycles. The monoisotopic (exact) mass is 547 g/mol. The number of rotatable bonds is 9. The molecule has 1 aliphatic carbocycles. The van der Waals surface area contributed by atoms with Crippen molar-refractivity contribution in [3.05, 3.63) is 34.9 Å². The average Bonchev–Trinajstić information content (AvgIpc) is 2.92. The Balaban J connectivity index is 0.000000403. The maximum absolute atomic E-state index is 10.3. The van der Waals surface area contributed by atoms with Crippen LogP contribution in [-0.2, 0) is 9.59 Å². The Bertz CT molecular complexity index is 1220. The minimum absolute atomic E-state index is 0.0580. The molecule has 2 aromatic rings. The predicted molar refractivity (Wildman–Crippen MR) is 137 cm³/mol. The molecule has 13 heteroatoms. The highest BCUT2D eigenvalue weighted by Crippen LogP contribution is 2.45. The van der Waals surface area contributed by atoms with Gasteiger partial charge in [-0.1, -0.05) is 0 Å². The molecule has 1 aromatic heterocycles. The van der Waals surface area contributed by atoms with Crippen molar-refractivity contribution in [2.75, 3.05) is 27.9 Å². The van der Waals surface area contributed by atoms with Gasteiger partial charge in [0.2, 0.25) is 11.8 Å². The molecule has 0 bridgehead atoms. The van der Waals surface area contributed by atoms with Crippen LogP contribution < -0.4 is 18.9 Å². The summed E-state index contributed by atoms with van der Waals surface area (Å²) in [5.74, 6) is -0.651. The Morgan fingerprint density at radius 1 is 1.00 bits per heavy atom. The number of aliphatic imine (C=N–C) groups is 1. The lowest BCUT2D eigenvalue weighted by molar-refractivity contribution is -0.152. The van der Waals surface area contributed by atoms with Gasteiger partial charge < -0.3 is 39.4 Å². The Labute approximate surface area is 225 Å². The van der Waals surface area contributed by atoms with E-state index < -0.39 is 24.5 Å². The van der Waals surface area contributed by atoms with Crippen molar-refractivity contribution in [1.82, 2.24) is 10.2 Å². The summed E-state index contributed by atoms with van der Waals surface area (Å²) in [7, 11) is 4.73. The van der Waals surface area contributed by atoms with E-state index in [1.807, 2.05) is 19.1 Å². The van der Waals surface area contributed by atoms with Gasteiger partial charge in [-0.15, -0.1) is 10.2 Å². The number of aromatic nitrogens is 2. The van der Waals surface area contributed by atoms with Crippen LogP contribution in [0.1, 0.15) is 55.2 Å². The molecular weight excluding hydrogens is 514 g/mol. The van der Waals surface area contributed by atoms with E-state index in [0.717, 1.165) is 29.7 Å². The molecule has 39 heavy (non-hydrogen) atoms. The van der Waals surface area contributed by atoms with Gasteiger partial charge in [0.25, 0.3) is 0 Å². The number of carboxylic acid groups (broad SMARTS) is 2.